The van der Waals surface area contributed by atoms with Crippen LogP contribution in [0.2, 0.25) is 0 Å². The number of halogens is 1. The van der Waals surface area contributed by atoms with Gasteiger partial charge in [0, 0.05) is 18.0 Å². The van der Waals surface area contributed by atoms with Gasteiger partial charge < -0.3 is 5.32 Å². The van der Waals surface area contributed by atoms with Crippen LogP contribution in [0, 0.1) is 5.82 Å². The predicted molar refractivity (Wildman–Crippen MR) is 62.0 cm³/mol. The van der Waals surface area contributed by atoms with Gasteiger partial charge in [0.2, 0.25) is 0 Å². The van der Waals surface area contributed by atoms with E-state index in [1.807, 2.05) is 0 Å². The highest BCUT2D eigenvalue weighted by molar-refractivity contribution is 7.99. The molecule has 1 heterocycles. The van der Waals surface area contributed by atoms with Gasteiger partial charge in [-0.2, -0.15) is 5.10 Å². The molecule has 6 heteroatoms. The maximum Gasteiger partial charge on any atom is 0.183 e. The van der Waals surface area contributed by atoms with Gasteiger partial charge in [-0.3, -0.25) is 5.10 Å². The van der Waals surface area contributed by atoms with Gasteiger partial charge in [-0.25, -0.2) is 9.37 Å². The SMILES string of the molecule is Fc1ccc(NCCSc2ncn[nH]2)cc1. The lowest BCUT2D eigenvalue weighted by Crippen LogP contribution is -2.03. The van der Waals surface area contributed by atoms with Crippen LogP contribution in [0.15, 0.2) is 35.7 Å². The van der Waals surface area contributed by atoms with Crippen molar-refractivity contribution in [3.8, 4) is 0 Å². The Morgan fingerprint density at radius 1 is 1.31 bits per heavy atom. The number of rotatable bonds is 5. The van der Waals surface area contributed by atoms with Crippen LogP contribution in [0.5, 0.6) is 0 Å². The fourth-order valence-electron chi connectivity index (χ4n) is 1.17. The molecule has 4 nitrogen and oxygen atoms in total. The molecule has 0 amide bonds. The molecule has 0 spiro atoms. The number of thioether (sulfide) groups is 1. The Kier molecular flexibility index (Phi) is 3.76. The molecule has 1 aromatic heterocycles. The number of hydrogen-bond acceptors (Lipinski definition) is 4. The second-order valence-corrected chi connectivity index (χ2v) is 4.16. The van der Waals surface area contributed by atoms with E-state index in [1.165, 1.54) is 18.5 Å². The molecule has 2 aromatic rings. The zero-order valence-electron chi connectivity index (χ0n) is 8.48. The standard InChI is InChI=1S/C10H11FN4S/c11-8-1-3-9(4-2-8)12-5-6-16-10-13-7-14-15-10/h1-4,7,12H,5-6H2,(H,13,14,15). The zero-order valence-corrected chi connectivity index (χ0v) is 9.30. The van der Waals surface area contributed by atoms with E-state index in [0.29, 0.717) is 0 Å². The van der Waals surface area contributed by atoms with Crippen molar-refractivity contribution in [3.05, 3.63) is 36.4 Å². The lowest BCUT2D eigenvalue weighted by Gasteiger charge is -2.04. The van der Waals surface area contributed by atoms with Gasteiger partial charge in [-0.05, 0) is 24.3 Å². The molecule has 0 saturated carbocycles. The van der Waals surface area contributed by atoms with Crippen LogP contribution in [0.25, 0.3) is 0 Å². The summed E-state index contributed by atoms with van der Waals surface area (Å²) in [5, 5.41) is 10.5. The molecule has 0 unspecified atom stereocenters. The van der Waals surface area contributed by atoms with E-state index >= 15 is 0 Å². The summed E-state index contributed by atoms with van der Waals surface area (Å²) in [4.78, 5) is 3.99. The van der Waals surface area contributed by atoms with Gasteiger partial charge in [0.15, 0.2) is 5.16 Å². The lowest BCUT2D eigenvalue weighted by molar-refractivity contribution is 0.628. The van der Waals surface area contributed by atoms with E-state index in [-0.39, 0.29) is 5.82 Å². The van der Waals surface area contributed by atoms with E-state index in [9.17, 15) is 4.39 Å². The number of H-pyrrole nitrogens is 1. The van der Waals surface area contributed by atoms with Gasteiger partial charge in [-0.1, -0.05) is 11.8 Å². The van der Waals surface area contributed by atoms with E-state index in [0.717, 1.165) is 23.1 Å². The molecule has 1 aromatic carbocycles. The van der Waals surface area contributed by atoms with Gasteiger partial charge in [0.05, 0.1) is 0 Å². The fraction of sp³-hybridized carbons (Fsp3) is 0.200. The molecule has 2 rings (SSSR count). The Labute approximate surface area is 96.7 Å². The molecular weight excluding hydrogens is 227 g/mol. The van der Waals surface area contributed by atoms with Gasteiger partial charge >= 0.3 is 0 Å². The molecule has 0 atom stereocenters. The third-order valence-corrected chi connectivity index (χ3v) is 2.79. The second-order valence-electron chi connectivity index (χ2n) is 3.07. The van der Waals surface area contributed by atoms with Crippen LogP contribution >= 0.6 is 11.8 Å². The van der Waals surface area contributed by atoms with Crippen LogP contribution in [0.1, 0.15) is 0 Å². The number of nitrogens with zero attached hydrogens (tertiary/aromatic N) is 2. The topological polar surface area (TPSA) is 53.6 Å². The monoisotopic (exact) mass is 238 g/mol. The van der Waals surface area contributed by atoms with Gasteiger partial charge in [0.25, 0.3) is 0 Å². The number of benzene rings is 1. The van der Waals surface area contributed by atoms with Gasteiger partial charge in [0.1, 0.15) is 12.1 Å². The van der Waals surface area contributed by atoms with Gasteiger partial charge in [-0.15, -0.1) is 0 Å². The third-order valence-electron chi connectivity index (χ3n) is 1.91. The first-order valence-corrected chi connectivity index (χ1v) is 5.81. The maximum atomic E-state index is 12.6. The highest BCUT2D eigenvalue weighted by Gasteiger charge is 1.96. The predicted octanol–water partition coefficient (Wildman–Crippen LogP) is 2.15. The fourth-order valence-corrected chi connectivity index (χ4v) is 1.81. The molecule has 0 aliphatic rings. The van der Waals surface area contributed by atoms with E-state index in [4.69, 9.17) is 0 Å². The molecule has 16 heavy (non-hydrogen) atoms. The summed E-state index contributed by atoms with van der Waals surface area (Å²) in [5.41, 5.74) is 0.916. The molecule has 0 fully saturated rings. The van der Waals surface area contributed by atoms with Crippen molar-refractivity contribution in [2.75, 3.05) is 17.6 Å². The summed E-state index contributed by atoms with van der Waals surface area (Å²) in [7, 11) is 0. The third kappa shape index (κ3) is 3.23. The summed E-state index contributed by atoms with van der Waals surface area (Å²) in [5.74, 6) is 0.647. The van der Waals surface area contributed by atoms with E-state index in [1.54, 1.807) is 23.9 Å². The highest BCUT2D eigenvalue weighted by atomic mass is 32.2. The van der Waals surface area contributed by atoms with Crippen LogP contribution < -0.4 is 5.32 Å². The average molecular weight is 238 g/mol. The van der Waals surface area contributed by atoms with Crippen molar-refractivity contribution < 1.29 is 4.39 Å². The largest absolute Gasteiger partial charge is 0.384 e. The first-order chi connectivity index (χ1) is 7.84. The van der Waals surface area contributed by atoms with Crippen LogP contribution in [0.3, 0.4) is 0 Å². The van der Waals surface area contributed by atoms with E-state index < -0.39 is 0 Å². The van der Waals surface area contributed by atoms with E-state index in [2.05, 4.69) is 20.5 Å². The maximum absolute atomic E-state index is 12.6. The van der Waals surface area contributed by atoms with Crippen molar-refractivity contribution in [1.82, 2.24) is 15.2 Å². The summed E-state index contributed by atoms with van der Waals surface area (Å²) in [6, 6.07) is 6.31. The van der Waals surface area contributed by atoms with Crippen molar-refractivity contribution in [3.63, 3.8) is 0 Å². The summed E-state index contributed by atoms with van der Waals surface area (Å²) < 4.78 is 12.6. The normalized spacial score (nSPS) is 10.3. The second kappa shape index (κ2) is 5.50. The van der Waals surface area contributed by atoms with Crippen molar-refractivity contribution in [1.29, 1.82) is 0 Å². The van der Waals surface area contributed by atoms with Crippen molar-refractivity contribution in [2.24, 2.45) is 0 Å². The minimum Gasteiger partial charge on any atom is -0.384 e. The zero-order chi connectivity index (χ0) is 11.2. The number of anilines is 1. The Balaban J connectivity index is 1.70. The molecule has 0 radical (unpaired) electrons. The highest BCUT2D eigenvalue weighted by Crippen LogP contribution is 2.11. The molecule has 0 saturated heterocycles. The van der Waals surface area contributed by atoms with Crippen molar-refractivity contribution >= 4 is 17.4 Å². The summed E-state index contributed by atoms with van der Waals surface area (Å²) in [6.07, 6.45) is 1.48. The Bertz CT molecular complexity index is 415. The van der Waals surface area contributed by atoms with Crippen LogP contribution in [-0.2, 0) is 0 Å². The minimum absolute atomic E-state index is 0.221. The minimum atomic E-state index is -0.221. The first-order valence-electron chi connectivity index (χ1n) is 4.82. The quantitative estimate of drug-likeness (QED) is 0.619. The average Bonchev–Trinajstić information content (AvgIpc) is 2.80. The lowest BCUT2D eigenvalue weighted by atomic mass is 10.3. The Morgan fingerprint density at radius 3 is 2.81 bits per heavy atom. The summed E-state index contributed by atoms with van der Waals surface area (Å²) in [6.45, 7) is 0.789. The number of nitrogens with one attached hydrogen (secondary N) is 2. The molecule has 0 bridgehead atoms. The van der Waals surface area contributed by atoms with Crippen molar-refractivity contribution in [2.45, 2.75) is 5.16 Å². The Morgan fingerprint density at radius 2 is 2.12 bits per heavy atom. The number of aromatic amines is 1. The molecule has 0 aliphatic carbocycles. The first kappa shape index (κ1) is 10.9. The number of aromatic nitrogens is 3. The summed E-state index contributed by atoms with van der Waals surface area (Å²) >= 11 is 1.58. The smallest absolute Gasteiger partial charge is 0.183 e. The molecule has 2 N–H and O–H groups in total. The Hall–Kier alpha value is -1.56. The number of hydrogen-bond donors (Lipinski definition) is 2. The van der Waals surface area contributed by atoms with Crippen LogP contribution in [0.4, 0.5) is 10.1 Å². The molecule has 0 aliphatic heterocycles. The molecule has 84 valence electrons. The molecular formula is C10H11FN4S. The van der Waals surface area contributed by atoms with Crippen LogP contribution in [-0.4, -0.2) is 27.5 Å².